The Balaban J connectivity index is 2.04. The molecule has 0 bridgehead atoms. The second-order valence-electron chi connectivity index (χ2n) is 10.4. The van der Waals surface area contributed by atoms with Crippen molar-refractivity contribution in [2.24, 2.45) is 0 Å². The highest BCUT2D eigenvalue weighted by Gasteiger charge is 2.23. The molecule has 0 amide bonds. The molecule has 0 aliphatic heterocycles. The smallest absolute Gasteiger partial charge is 0.330 e. The number of para-hydroxylation sites is 1. The Labute approximate surface area is 252 Å². The van der Waals surface area contributed by atoms with Crippen molar-refractivity contribution >= 4 is 30.5 Å². The third-order valence-electron chi connectivity index (χ3n) is 6.72. The molecule has 2 aromatic carbocycles. The normalized spacial score (nSPS) is 13.4. The molecule has 0 saturated heterocycles. The lowest BCUT2D eigenvalue weighted by atomic mass is 9.96. The average molecular weight is 614 g/mol. The van der Waals surface area contributed by atoms with Crippen LogP contribution in [0.2, 0.25) is 0 Å². The lowest BCUT2D eigenvalue weighted by Gasteiger charge is -2.16. The maximum atomic E-state index is 14.5. The van der Waals surface area contributed by atoms with Gasteiger partial charge in [-0.25, -0.2) is 4.39 Å². The Kier molecular flexibility index (Phi) is 12.7. The van der Waals surface area contributed by atoms with E-state index in [9.17, 15) is 24.0 Å². The minimum Gasteiger partial charge on any atom is -0.481 e. The van der Waals surface area contributed by atoms with Gasteiger partial charge in [-0.05, 0) is 58.4 Å². The van der Waals surface area contributed by atoms with Crippen LogP contribution in [-0.2, 0) is 18.4 Å². The first-order valence-electron chi connectivity index (χ1n) is 14.6. The predicted molar refractivity (Wildman–Crippen MR) is 167 cm³/mol. The van der Waals surface area contributed by atoms with Gasteiger partial charge in [0, 0.05) is 52.2 Å². The van der Waals surface area contributed by atoms with Crippen LogP contribution in [0.15, 0.2) is 48.5 Å². The van der Waals surface area contributed by atoms with Crippen molar-refractivity contribution in [1.29, 1.82) is 0 Å². The van der Waals surface area contributed by atoms with Crippen molar-refractivity contribution in [1.82, 2.24) is 4.57 Å². The number of fused-ring (bicyclic) bond motifs is 1. The molecule has 3 N–H and O–H groups in total. The lowest BCUT2D eigenvalue weighted by molar-refractivity contribution is -0.139. The summed E-state index contributed by atoms with van der Waals surface area (Å²) >= 11 is 0. The number of hydrogen-bond donors (Lipinski definition) is 3. The molecule has 0 spiro atoms. The summed E-state index contributed by atoms with van der Waals surface area (Å²) in [5, 5.41) is 30.4. The third-order valence-corrected chi connectivity index (χ3v) is 8.89. The van der Waals surface area contributed by atoms with Gasteiger partial charge in [0.1, 0.15) is 5.82 Å². The van der Waals surface area contributed by atoms with Crippen LogP contribution in [0.5, 0.6) is 0 Å². The van der Waals surface area contributed by atoms with Gasteiger partial charge in [0.25, 0.3) is 0 Å². The maximum Gasteiger partial charge on any atom is 0.330 e. The molecule has 0 radical (unpaired) electrons. The number of nitrogens with zero attached hydrogens (tertiary/aromatic N) is 1. The largest absolute Gasteiger partial charge is 0.481 e. The van der Waals surface area contributed by atoms with Gasteiger partial charge in [-0.3, -0.25) is 9.36 Å². The van der Waals surface area contributed by atoms with E-state index in [4.69, 9.17) is 14.2 Å². The first kappa shape index (κ1) is 34.2. The molecule has 10 heteroatoms. The molecule has 0 unspecified atom stereocenters. The van der Waals surface area contributed by atoms with Crippen molar-refractivity contribution in [3.8, 4) is 23.0 Å². The van der Waals surface area contributed by atoms with E-state index in [1.807, 2.05) is 38.1 Å². The maximum absolute atomic E-state index is 14.5. The van der Waals surface area contributed by atoms with Gasteiger partial charge < -0.3 is 28.9 Å². The summed E-state index contributed by atoms with van der Waals surface area (Å²) in [5.74, 6) is 4.62. The lowest BCUT2D eigenvalue weighted by Crippen LogP contribution is -2.19. The molecule has 2 atom stereocenters. The van der Waals surface area contributed by atoms with Gasteiger partial charge in [-0.2, -0.15) is 0 Å². The van der Waals surface area contributed by atoms with Crippen LogP contribution < -0.4 is 0 Å². The Hall–Kier alpha value is -3.25. The van der Waals surface area contributed by atoms with E-state index in [2.05, 4.69) is 16.4 Å². The van der Waals surface area contributed by atoms with Crippen LogP contribution in [-0.4, -0.2) is 57.4 Å². The summed E-state index contributed by atoms with van der Waals surface area (Å²) in [6.07, 6.45) is 1.55. The summed E-state index contributed by atoms with van der Waals surface area (Å²) in [6.45, 7) is 8.18. The number of carboxylic acid groups (broad SMARTS) is 1. The molecule has 43 heavy (non-hydrogen) atoms. The molecule has 8 nitrogen and oxygen atoms in total. The molecule has 3 aromatic rings. The summed E-state index contributed by atoms with van der Waals surface area (Å²) in [7, 11) is -3.17. The van der Waals surface area contributed by atoms with Gasteiger partial charge in [0.05, 0.1) is 38.0 Å². The first-order chi connectivity index (χ1) is 20.5. The zero-order valence-electron chi connectivity index (χ0n) is 25.1. The van der Waals surface area contributed by atoms with E-state index in [0.717, 1.165) is 22.2 Å². The highest BCUT2D eigenvalue weighted by molar-refractivity contribution is 7.53. The molecule has 3 rings (SSSR count). The monoisotopic (exact) mass is 613 g/mol. The predicted octanol–water partition coefficient (Wildman–Crippen LogP) is 7.03. The number of aliphatic hydroxyl groups is 2. The van der Waals surface area contributed by atoms with Crippen molar-refractivity contribution < 1.29 is 38.1 Å². The molecule has 0 saturated carbocycles. The highest BCUT2D eigenvalue weighted by Crippen LogP contribution is 2.48. The topological polar surface area (TPSA) is 118 Å². The number of aliphatic carboxylic acids is 1. The molecule has 1 heterocycles. The summed E-state index contributed by atoms with van der Waals surface area (Å²) in [6, 6.07) is 12.3. The van der Waals surface area contributed by atoms with Crippen molar-refractivity contribution in [2.75, 3.05) is 19.4 Å². The number of carboxylic acids is 1. The van der Waals surface area contributed by atoms with Crippen LogP contribution in [0.3, 0.4) is 0 Å². The Morgan fingerprint density at radius 2 is 1.81 bits per heavy atom. The second kappa shape index (κ2) is 16.0. The van der Waals surface area contributed by atoms with Gasteiger partial charge in [-0.1, -0.05) is 42.2 Å². The molecule has 0 aliphatic carbocycles. The van der Waals surface area contributed by atoms with E-state index in [0.29, 0.717) is 24.0 Å². The highest BCUT2D eigenvalue weighted by atomic mass is 31.2. The number of aliphatic hydroxyl groups excluding tert-OH is 2. The first-order valence-corrected chi connectivity index (χ1v) is 16.3. The van der Waals surface area contributed by atoms with E-state index in [-0.39, 0.29) is 31.8 Å². The number of unbranched alkanes of at least 4 members (excludes halogenated alkanes) is 1. The van der Waals surface area contributed by atoms with Crippen LogP contribution >= 0.6 is 7.60 Å². The van der Waals surface area contributed by atoms with E-state index in [1.165, 1.54) is 18.2 Å². The van der Waals surface area contributed by atoms with Crippen molar-refractivity contribution in [3.05, 3.63) is 65.6 Å². The summed E-state index contributed by atoms with van der Waals surface area (Å²) in [4.78, 5) is 10.9. The van der Waals surface area contributed by atoms with E-state index in [1.54, 1.807) is 26.0 Å². The minimum absolute atomic E-state index is 0.0226. The molecular formula is C33H41FNO7P. The molecular weight excluding hydrogens is 572 g/mol. The minimum atomic E-state index is -3.17. The second-order valence-corrected chi connectivity index (χ2v) is 12.6. The molecule has 232 valence electrons. The van der Waals surface area contributed by atoms with Crippen LogP contribution in [0.1, 0.15) is 70.7 Å². The number of benzene rings is 2. The SMILES string of the molecule is CCOP(=O)(CCCC#Cc1cc(F)ccc1-c1c(/C=C/[C@@H](O)C[C@@H](O)CC(=O)O)n(C(C)C)c2ccccc12)OCC. The summed E-state index contributed by atoms with van der Waals surface area (Å²) < 4.78 is 40.1. The van der Waals surface area contributed by atoms with Gasteiger partial charge in [-0.15, -0.1) is 0 Å². The fourth-order valence-electron chi connectivity index (χ4n) is 5.05. The fraction of sp³-hybridized carbons (Fsp3) is 0.424. The van der Waals surface area contributed by atoms with Crippen LogP contribution in [0.4, 0.5) is 4.39 Å². The van der Waals surface area contributed by atoms with Crippen LogP contribution in [0, 0.1) is 17.7 Å². The number of halogens is 1. The Morgan fingerprint density at radius 1 is 1.12 bits per heavy atom. The zero-order valence-corrected chi connectivity index (χ0v) is 26.0. The number of carbonyl (C=O) groups is 1. The zero-order chi connectivity index (χ0) is 31.6. The average Bonchev–Trinajstić information content (AvgIpc) is 3.26. The van der Waals surface area contributed by atoms with Crippen LogP contribution in [0.25, 0.3) is 28.1 Å². The standard InChI is InChI=1S/C33H41FNO7P/c1-5-41-43(40,42-6-2)19-11-7-8-12-24-20-25(34)15-17-28(24)33-29-13-9-10-14-30(29)35(23(3)4)31(33)18-16-26(36)21-27(37)22-32(38)39/h9-10,13-18,20,23,26-27,36-37H,5-7,11,19,21-22H2,1-4H3,(H,38,39)/b18-16+/t26-,27-/m1/s1. The Morgan fingerprint density at radius 3 is 2.47 bits per heavy atom. The van der Waals surface area contributed by atoms with E-state index < -0.39 is 38.0 Å². The number of hydrogen-bond acceptors (Lipinski definition) is 6. The van der Waals surface area contributed by atoms with Crippen molar-refractivity contribution in [2.45, 2.75) is 71.6 Å². The Bertz CT molecular complexity index is 1530. The van der Waals surface area contributed by atoms with Gasteiger partial charge >= 0.3 is 13.6 Å². The molecule has 0 fully saturated rings. The number of aromatic nitrogens is 1. The van der Waals surface area contributed by atoms with Gasteiger partial charge in [0.2, 0.25) is 0 Å². The summed E-state index contributed by atoms with van der Waals surface area (Å²) in [5.41, 5.74) is 3.70. The molecule has 1 aromatic heterocycles. The quantitative estimate of drug-likeness (QED) is 0.0957. The van der Waals surface area contributed by atoms with Crippen molar-refractivity contribution in [3.63, 3.8) is 0 Å². The third kappa shape index (κ3) is 9.37. The van der Waals surface area contributed by atoms with E-state index >= 15 is 0 Å². The fourth-order valence-corrected chi connectivity index (χ4v) is 6.71. The van der Waals surface area contributed by atoms with Gasteiger partial charge in [0.15, 0.2) is 0 Å². The molecule has 0 aliphatic rings. The number of rotatable bonds is 15.